The summed E-state index contributed by atoms with van der Waals surface area (Å²) in [5, 5.41) is 3.27. The maximum atomic E-state index is 12.9. The van der Waals surface area contributed by atoms with Crippen LogP contribution in [0.3, 0.4) is 0 Å². The van der Waals surface area contributed by atoms with Gasteiger partial charge in [0.05, 0.1) is 18.1 Å². The van der Waals surface area contributed by atoms with Crippen molar-refractivity contribution in [1.82, 2.24) is 15.0 Å². The standard InChI is InChI=1S/C23H25N5O3/c1-14-11-21(29)28(16-5-8-30-9-6-16)22-17(14)12-25-23(27-22)26-19-13-24-18(10-15(19)2)20-4-3-7-31-20/h3-4,7,10,12-14,16H,5-6,8-9,11H2,1-2H3,(H,25,26,27). The van der Waals surface area contributed by atoms with Crippen LogP contribution in [0.2, 0.25) is 0 Å². The lowest BCUT2D eigenvalue weighted by atomic mass is 9.92. The Morgan fingerprint density at radius 1 is 1.19 bits per heavy atom. The molecule has 0 aromatic carbocycles. The molecule has 2 aliphatic heterocycles. The van der Waals surface area contributed by atoms with Crippen LogP contribution >= 0.6 is 0 Å². The van der Waals surface area contributed by atoms with Gasteiger partial charge >= 0.3 is 0 Å². The zero-order valence-electron chi connectivity index (χ0n) is 17.7. The zero-order chi connectivity index (χ0) is 21.4. The van der Waals surface area contributed by atoms with Gasteiger partial charge in [0.25, 0.3) is 0 Å². The fraction of sp³-hybridized carbons (Fsp3) is 0.391. The minimum Gasteiger partial charge on any atom is -0.463 e. The summed E-state index contributed by atoms with van der Waals surface area (Å²) in [6.45, 7) is 5.38. The monoisotopic (exact) mass is 419 g/mol. The highest BCUT2D eigenvalue weighted by molar-refractivity contribution is 5.96. The molecular weight excluding hydrogens is 394 g/mol. The Bertz CT molecular complexity index is 1090. The Hall–Kier alpha value is -3.26. The molecule has 1 amide bonds. The van der Waals surface area contributed by atoms with Gasteiger partial charge in [-0.1, -0.05) is 6.92 Å². The van der Waals surface area contributed by atoms with Gasteiger partial charge in [0, 0.05) is 37.4 Å². The predicted molar refractivity (Wildman–Crippen MR) is 116 cm³/mol. The molecule has 0 aliphatic carbocycles. The Kier molecular flexibility index (Phi) is 5.15. The minimum absolute atomic E-state index is 0.101. The molecule has 8 heteroatoms. The largest absolute Gasteiger partial charge is 0.463 e. The van der Waals surface area contributed by atoms with Crippen LogP contribution in [0.25, 0.3) is 11.5 Å². The summed E-state index contributed by atoms with van der Waals surface area (Å²) in [4.78, 5) is 28.6. The topological polar surface area (TPSA) is 93.4 Å². The number of hydrogen-bond acceptors (Lipinski definition) is 7. The summed E-state index contributed by atoms with van der Waals surface area (Å²) in [5.74, 6) is 2.11. The van der Waals surface area contributed by atoms with Crippen molar-refractivity contribution in [2.75, 3.05) is 23.4 Å². The highest BCUT2D eigenvalue weighted by Crippen LogP contribution is 2.37. The molecule has 0 bridgehead atoms. The van der Waals surface area contributed by atoms with Crippen molar-refractivity contribution in [3.63, 3.8) is 0 Å². The van der Waals surface area contributed by atoms with Crippen LogP contribution < -0.4 is 10.2 Å². The van der Waals surface area contributed by atoms with Gasteiger partial charge in [-0.25, -0.2) is 4.98 Å². The number of anilines is 3. The van der Waals surface area contributed by atoms with E-state index in [0.717, 1.165) is 41.1 Å². The number of rotatable bonds is 4. The van der Waals surface area contributed by atoms with Crippen LogP contribution in [0.5, 0.6) is 0 Å². The number of carbonyl (C=O) groups is 1. The molecule has 0 radical (unpaired) electrons. The lowest BCUT2D eigenvalue weighted by Gasteiger charge is -2.38. The normalized spacial score (nSPS) is 19.4. The number of aryl methyl sites for hydroxylation is 1. The van der Waals surface area contributed by atoms with Crippen LogP contribution in [0.15, 0.2) is 41.3 Å². The highest BCUT2D eigenvalue weighted by Gasteiger charge is 2.36. The Balaban J connectivity index is 1.45. The van der Waals surface area contributed by atoms with Gasteiger partial charge in [-0.05, 0) is 49.4 Å². The number of fused-ring (bicyclic) bond motifs is 1. The molecular formula is C23H25N5O3. The van der Waals surface area contributed by atoms with Crippen LogP contribution in [0.1, 0.15) is 43.2 Å². The summed E-state index contributed by atoms with van der Waals surface area (Å²) < 4.78 is 10.9. The third-order valence-electron chi connectivity index (χ3n) is 5.99. The smallest absolute Gasteiger partial charge is 0.229 e. The number of ether oxygens (including phenoxy) is 1. The van der Waals surface area contributed by atoms with E-state index >= 15 is 0 Å². The van der Waals surface area contributed by atoms with E-state index in [9.17, 15) is 4.79 Å². The third-order valence-corrected chi connectivity index (χ3v) is 5.99. The number of hydrogen-bond donors (Lipinski definition) is 1. The molecule has 0 spiro atoms. The number of pyridine rings is 1. The van der Waals surface area contributed by atoms with E-state index in [1.807, 2.05) is 36.2 Å². The molecule has 1 unspecified atom stereocenters. The molecule has 3 aromatic heterocycles. The highest BCUT2D eigenvalue weighted by atomic mass is 16.5. The molecule has 1 atom stereocenters. The number of nitrogens with one attached hydrogen (secondary N) is 1. The van der Waals surface area contributed by atoms with Crippen molar-refractivity contribution in [1.29, 1.82) is 0 Å². The lowest BCUT2D eigenvalue weighted by Crippen LogP contribution is -2.47. The second kappa shape index (κ2) is 8.11. The SMILES string of the molecule is Cc1cc(-c2ccco2)ncc1Nc1ncc2c(n1)N(C1CCOCC1)C(=O)CC2C. The van der Waals surface area contributed by atoms with Gasteiger partial charge in [0.1, 0.15) is 11.5 Å². The fourth-order valence-corrected chi connectivity index (χ4v) is 4.26. The number of furan rings is 1. The Morgan fingerprint density at radius 3 is 2.77 bits per heavy atom. The molecule has 1 N–H and O–H groups in total. The van der Waals surface area contributed by atoms with Gasteiger partial charge in [0.15, 0.2) is 5.76 Å². The van der Waals surface area contributed by atoms with E-state index < -0.39 is 0 Å². The quantitative estimate of drug-likeness (QED) is 0.677. The Labute approximate surface area is 180 Å². The van der Waals surface area contributed by atoms with Gasteiger partial charge < -0.3 is 14.5 Å². The molecule has 160 valence electrons. The van der Waals surface area contributed by atoms with Crippen LogP contribution in [-0.4, -0.2) is 40.1 Å². The number of nitrogens with zero attached hydrogens (tertiary/aromatic N) is 4. The first-order valence-corrected chi connectivity index (χ1v) is 10.6. The van der Waals surface area contributed by atoms with Crippen molar-refractivity contribution in [2.45, 2.75) is 45.1 Å². The van der Waals surface area contributed by atoms with Gasteiger partial charge in [0.2, 0.25) is 11.9 Å². The molecule has 1 fully saturated rings. The van der Waals surface area contributed by atoms with Crippen molar-refractivity contribution >= 4 is 23.4 Å². The van der Waals surface area contributed by atoms with Gasteiger partial charge in [-0.3, -0.25) is 14.7 Å². The van der Waals surface area contributed by atoms with Crippen molar-refractivity contribution in [3.8, 4) is 11.5 Å². The summed E-state index contributed by atoms with van der Waals surface area (Å²) >= 11 is 0. The molecule has 5 heterocycles. The van der Waals surface area contributed by atoms with Crippen molar-refractivity contribution in [2.24, 2.45) is 0 Å². The van der Waals surface area contributed by atoms with Crippen LogP contribution in [-0.2, 0) is 9.53 Å². The first kappa shape index (κ1) is 19.7. The number of aromatic nitrogens is 3. The lowest BCUT2D eigenvalue weighted by molar-refractivity contribution is -0.120. The molecule has 31 heavy (non-hydrogen) atoms. The average molecular weight is 419 g/mol. The molecule has 8 nitrogen and oxygen atoms in total. The van der Waals surface area contributed by atoms with E-state index in [4.69, 9.17) is 14.1 Å². The van der Waals surface area contributed by atoms with Crippen LogP contribution in [0.4, 0.5) is 17.5 Å². The fourth-order valence-electron chi connectivity index (χ4n) is 4.26. The summed E-state index contributed by atoms with van der Waals surface area (Å²) in [5.41, 5.74) is 3.58. The number of amides is 1. The first-order valence-electron chi connectivity index (χ1n) is 10.6. The van der Waals surface area contributed by atoms with E-state index in [1.54, 1.807) is 12.5 Å². The second-order valence-electron chi connectivity index (χ2n) is 8.17. The zero-order valence-corrected chi connectivity index (χ0v) is 17.7. The predicted octanol–water partition coefficient (Wildman–Crippen LogP) is 4.20. The van der Waals surface area contributed by atoms with Gasteiger partial charge in [-0.2, -0.15) is 4.98 Å². The summed E-state index contributed by atoms with van der Waals surface area (Å²) in [6, 6.07) is 5.79. The Morgan fingerprint density at radius 2 is 2.03 bits per heavy atom. The molecule has 0 saturated carbocycles. The maximum absolute atomic E-state index is 12.9. The molecule has 5 rings (SSSR count). The average Bonchev–Trinajstić information content (AvgIpc) is 3.31. The van der Waals surface area contributed by atoms with Crippen molar-refractivity contribution < 1.29 is 13.9 Å². The van der Waals surface area contributed by atoms with E-state index in [1.165, 1.54) is 0 Å². The van der Waals surface area contributed by atoms with Crippen molar-refractivity contribution in [3.05, 3.63) is 48.0 Å². The maximum Gasteiger partial charge on any atom is 0.229 e. The molecule has 1 saturated heterocycles. The minimum atomic E-state index is 0.101. The second-order valence-corrected chi connectivity index (χ2v) is 8.17. The summed E-state index contributed by atoms with van der Waals surface area (Å²) in [6.07, 6.45) is 7.35. The first-order chi connectivity index (χ1) is 15.1. The summed E-state index contributed by atoms with van der Waals surface area (Å²) in [7, 11) is 0. The van der Waals surface area contributed by atoms with Gasteiger partial charge in [-0.15, -0.1) is 0 Å². The van der Waals surface area contributed by atoms with E-state index in [-0.39, 0.29) is 17.9 Å². The molecule has 2 aliphatic rings. The number of carbonyl (C=O) groups excluding carboxylic acids is 1. The van der Waals surface area contributed by atoms with Crippen LogP contribution in [0, 0.1) is 6.92 Å². The third kappa shape index (κ3) is 3.79. The molecule has 3 aromatic rings. The van der Waals surface area contributed by atoms with E-state index in [2.05, 4.69) is 22.2 Å². The van der Waals surface area contributed by atoms with E-state index in [0.29, 0.717) is 31.4 Å².